The summed E-state index contributed by atoms with van der Waals surface area (Å²) in [5.74, 6) is -0.608. The highest BCUT2D eigenvalue weighted by Gasteiger charge is 2.32. The number of H-pyrrole nitrogens is 1. The topological polar surface area (TPSA) is 162 Å². The molecule has 4 N–H and O–H groups in total. The van der Waals surface area contributed by atoms with E-state index in [-0.39, 0.29) is 24.3 Å². The van der Waals surface area contributed by atoms with Gasteiger partial charge in [-0.25, -0.2) is 4.98 Å². The number of nitrogens with zero attached hydrogens (tertiary/aromatic N) is 5. The minimum absolute atomic E-state index is 0.179. The van der Waals surface area contributed by atoms with Crippen LogP contribution in [0.1, 0.15) is 29.4 Å². The summed E-state index contributed by atoms with van der Waals surface area (Å²) in [6, 6.07) is 9.58. The number of nitrogens with two attached hydrogens (primary N) is 1. The molecule has 0 saturated heterocycles. The fourth-order valence-corrected chi connectivity index (χ4v) is 3.83. The maximum absolute atomic E-state index is 12.3. The van der Waals surface area contributed by atoms with E-state index in [1.54, 1.807) is 25.7 Å². The number of aromatic amines is 1. The molecule has 0 atom stereocenters. The Labute approximate surface area is 194 Å². The summed E-state index contributed by atoms with van der Waals surface area (Å²) in [4.78, 5) is 29.7. The highest BCUT2D eigenvalue weighted by atomic mass is 16.5. The quantitative estimate of drug-likeness (QED) is 0.369. The average molecular weight is 461 g/mol. The summed E-state index contributed by atoms with van der Waals surface area (Å²) in [5, 5.41) is 18.4. The largest absolute Gasteiger partial charge is 0.483 e. The van der Waals surface area contributed by atoms with Gasteiger partial charge in [0.2, 0.25) is 0 Å². The molecule has 0 spiro atoms. The SMILES string of the molecule is COC1CC(n2cc(-c3ccc(-c4cn[nH]c4)nc3C(N)=O)c(-c3ccccn3)n2)C1.O=CO. The molecule has 4 aromatic rings. The van der Waals surface area contributed by atoms with Gasteiger partial charge in [-0.2, -0.15) is 10.2 Å². The Morgan fingerprint density at radius 3 is 2.65 bits per heavy atom. The lowest BCUT2D eigenvalue weighted by molar-refractivity contribution is -0.122. The Balaban J connectivity index is 0.000000868. The monoisotopic (exact) mass is 461 g/mol. The van der Waals surface area contributed by atoms with Crippen LogP contribution in [0.2, 0.25) is 0 Å². The van der Waals surface area contributed by atoms with Crippen LogP contribution in [-0.4, -0.2) is 60.6 Å². The molecule has 11 heteroatoms. The number of methoxy groups -OCH3 is 1. The number of aromatic nitrogens is 6. The zero-order valence-corrected chi connectivity index (χ0v) is 18.3. The van der Waals surface area contributed by atoms with Crippen molar-refractivity contribution in [2.24, 2.45) is 5.73 Å². The Hall–Kier alpha value is -4.38. The van der Waals surface area contributed by atoms with Gasteiger partial charge in [0.15, 0.2) is 0 Å². The molecule has 1 aliphatic rings. The summed E-state index contributed by atoms with van der Waals surface area (Å²) in [5.41, 5.74) is 10.1. The maximum atomic E-state index is 12.3. The molecule has 5 rings (SSSR count). The van der Waals surface area contributed by atoms with Crippen molar-refractivity contribution < 1.29 is 19.4 Å². The molecule has 0 aromatic carbocycles. The fourth-order valence-electron chi connectivity index (χ4n) is 3.83. The third kappa shape index (κ3) is 4.55. The van der Waals surface area contributed by atoms with Gasteiger partial charge in [-0.15, -0.1) is 0 Å². The first-order chi connectivity index (χ1) is 16.5. The average Bonchev–Trinajstić information content (AvgIpc) is 3.50. The van der Waals surface area contributed by atoms with Crippen molar-refractivity contribution >= 4 is 12.4 Å². The third-order valence-electron chi connectivity index (χ3n) is 5.63. The molecule has 174 valence electrons. The lowest BCUT2D eigenvalue weighted by Gasteiger charge is -2.34. The van der Waals surface area contributed by atoms with Gasteiger partial charge in [0.25, 0.3) is 12.4 Å². The first kappa shape index (κ1) is 22.8. The summed E-state index contributed by atoms with van der Waals surface area (Å²) in [6.45, 7) is -0.250. The standard InChI is InChI=1S/C22H21N7O2.CH2O2/c1-31-15-8-14(9-15)29-12-17(20(28-29)19-4-2-3-7-24-19)16-5-6-18(13-10-25-26-11-13)27-21(16)22(23)30;2-1-3/h2-7,10-12,14-15H,8-9H2,1H3,(H2,23,30)(H,25,26);1H,(H,2,3). The Bertz CT molecular complexity index is 1270. The predicted molar refractivity (Wildman–Crippen MR) is 123 cm³/mol. The van der Waals surface area contributed by atoms with Crippen LogP contribution in [0.15, 0.2) is 55.1 Å². The van der Waals surface area contributed by atoms with Crippen LogP contribution in [0.25, 0.3) is 33.8 Å². The highest BCUT2D eigenvalue weighted by Crippen LogP contribution is 2.38. The zero-order valence-electron chi connectivity index (χ0n) is 18.3. The second-order valence-electron chi connectivity index (χ2n) is 7.62. The molecule has 0 aliphatic heterocycles. The zero-order chi connectivity index (χ0) is 24.1. The summed E-state index contributed by atoms with van der Waals surface area (Å²) < 4.78 is 7.35. The number of amides is 1. The summed E-state index contributed by atoms with van der Waals surface area (Å²) in [6.07, 6.45) is 9.05. The molecule has 11 nitrogen and oxygen atoms in total. The minimum Gasteiger partial charge on any atom is -0.483 e. The van der Waals surface area contributed by atoms with Crippen molar-refractivity contribution in [1.29, 1.82) is 0 Å². The van der Waals surface area contributed by atoms with Crippen molar-refractivity contribution in [2.45, 2.75) is 25.0 Å². The molecule has 4 aromatic heterocycles. The van der Waals surface area contributed by atoms with Gasteiger partial charge >= 0.3 is 0 Å². The molecular weight excluding hydrogens is 438 g/mol. The van der Waals surface area contributed by atoms with Crippen LogP contribution in [-0.2, 0) is 9.53 Å². The molecule has 1 saturated carbocycles. The van der Waals surface area contributed by atoms with Crippen molar-refractivity contribution in [3.8, 4) is 33.8 Å². The van der Waals surface area contributed by atoms with Crippen molar-refractivity contribution in [3.63, 3.8) is 0 Å². The van der Waals surface area contributed by atoms with Crippen LogP contribution < -0.4 is 5.73 Å². The molecule has 4 heterocycles. The van der Waals surface area contributed by atoms with E-state index < -0.39 is 5.91 Å². The van der Waals surface area contributed by atoms with E-state index in [4.69, 9.17) is 25.5 Å². The highest BCUT2D eigenvalue weighted by molar-refractivity contribution is 6.00. The smallest absolute Gasteiger partial charge is 0.290 e. The van der Waals surface area contributed by atoms with E-state index in [0.29, 0.717) is 22.6 Å². The fraction of sp³-hybridized carbons (Fsp3) is 0.217. The molecular formula is C23H23N7O4. The molecule has 34 heavy (non-hydrogen) atoms. The molecule has 0 bridgehead atoms. The Morgan fingerprint density at radius 2 is 2.03 bits per heavy atom. The number of hydrogen-bond donors (Lipinski definition) is 3. The lowest BCUT2D eigenvalue weighted by Crippen LogP contribution is -2.32. The van der Waals surface area contributed by atoms with E-state index in [1.807, 2.05) is 41.2 Å². The third-order valence-corrected chi connectivity index (χ3v) is 5.63. The number of ether oxygens (including phenoxy) is 1. The number of carbonyl (C=O) groups excluding carboxylic acids is 1. The summed E-state index contributed by atoms with van der Waals surface area (Å²) in [7, 11) is 1.72. The van der Waals surface area contributed by atoms with E-state index in [2.05, 4.69) is 20.2 Å². The van der Waals surface area contributed by atoms with Crippen molar-refractivity contribution in [2.75, 3.05) is 7.11 Å². The van der Waals surface area contributed by atoms with E-state index in [0.717, 1.165) is 24.0 Å². The number of carbonyl (C=O) groups is 2. The molecule has 1 fully saturated rings. The predicted octanol–water partition coefficient (Wildman–Crippen LogP) is 2.55. The molecule has 1 amide bonds. The van der Waals surface area contributed by atoms with Crippen LogP contribution in [0, 0.1) is 0 Å². The number of pyridine rings is 2. The van der Waals surface area contributed by atoms with Crippen molar-refractivity contribution in [3.05, 3.63) is 60.8 Å². The molecule has 0 radical (unpaired) electrons. The van der Waals surface area contributed by atoms with E-state index in [9.17, 15) is 4.79 Å². The van der Waals surface area contributed by atoms with Gasteiger partial charge in [0.05, 0.1) is 29.7 Å². The van der Waals surface area contributed by atoms with E-state index in [1.165, 1.54) is 0 Å². The Morgan fingerprint density at radius 1 is 1.24 bits per heavy atom. The van der Waals surface area contributed by atoms with Crippen molar-refractivity contribution in [1.82, 2.24) is 29.9 Å². The first-order valence-electron chi connectivity index (χ1n) is 10.5. The number of hydrogen-bond acceptors (Lipinski definition) is 7. The minimum atomic E-state index is -0.608. The maximum Gasteiger partial charge on any atom is 0.290 e. The number of rotatable bonds is 6. The van der Waals surface area contributed by atoms with Crippen LogP contribution in [0.4, 0.5) is 0 Å². The second-order valence-corrected chi connectivity index (χ2v) is 7.62. The normalized spacial score (nSPS) is 16.7. The second kappa shape index (κ2) is 10.0. The number of nitrogens with one attached hydrogen (secondary N) is 1. The molecule has 0 unspecified atom stereocenters. The lowest BCUT2D eigenvalue weighted by atomic mass is 9.89. The Kier molecular flexibility index (Phi) is 6.74. The van der Waals surface area contributed by atoms with Gasteiger partial charge in [0.1, 0.15) is 11.4 Å². The number of primary amides is 1. The molecule has 1 aliphatic carbocycles. The first-order valence-corrected chi connectivity index (χ1v) is 10.5. The van der Waals surface area contributed by atoms with Gasteiger partial charge in [-0.05, 0) is 37.1 Å². The number of carboxylic acid groups (broad SMARTS) is 1. The van der Waals surface area contributed by atoms with Crippen LogP contribution >= 0.6 is 0 Å². The van der Waals surface area contributed by atoms with Crippen LogP contribution in [0.3, 0.4) is 0 Å². The van der Waals surface area contributed by atoms with Crippen LogP contribution in [0.5, 0.6) is 0 Å². The van der Waals surface area contributed by atoms with E-state index >= 15 is 0 Å². The van der Waals surface area contributed by atoms with Gasteiger partial charge in [-0.1, -0.05) is 6.07 Å². The van der Waals surface area contributed by atoms with Gasteiger partial charge in [-0.3, -0.25) is 24.4 Å². The summed E-state index contributed by atoms with van der Waals surface area (Å²) >= 11 is 0. The van der Waals surface area contributed by atoms with Gasteiger partial charge in [0, 0.05) is 42.4 Å². The van der Waals surface area contributed by atoms with Gasteiger partial charge < -0.3 is 15.6 Å².